The Morgan fingerprint density at radius 2 is 1.79 bits per heavy atom. The molecule has 0 spiro atoms. The minimum atomic E-state index is -4.68. The van der Waals surface area contributed by atoms with Gasteiger partial charge in [0, 0.05) is 25.6 Å². The molecule has 2 aromatic rings. The molecule has 0 saturated carbocycles. The largest absolute Gasteiger partial charge is 0.451 e. The Morgan fingerprint density at radius 3 is 2.45 bits per heavy atom. The van der Waals surface area contributed by atoms with Crippen molar-refractivity contribution in [2.45, 2.75) is 32.1 Å². The lowest BCUT2D eigenvalue weighted by Crippen LogP contribution is -2.40. The molecule has 1 amide bonds. The van der Waals surface area contributed by atoms with Crippen LogP contribution in [0, 0.1) is 17.5 Å². The van der Waals surface area contributed by atoms with E-state index >= 15 is 0 Å². The van der Waals surface area contributed by atoms with Crippen LogP contribution >= 0.6 is 0 Å². The average molecular weight is 421 g/mol. The minimum absolute atomic E-state index is 0.0638. The Morgan fingerprint density at radius 1 is 1.10 bits per heavy atom. The van der Waals surface area contributed by atoms with E-state index in [9.17, 15) is 31.1 Å². The summed E-state index contributed by atoms with van der Waals surface area (Å²) in [5.41, 5.74) is -0.555. The van der Waals surface area contributed by atoms with E-state index in [1.54, 1.807) is 0 Å². The summed E-state index contributed by atoms with van der Waals surface area (Å²) in [6, 6.07) is 0.916. The van der Waals surface area contributed by atoms with Crippen molar-refractivity contribution in [1.29, 1.82) is 0 Å². The minimum Gasteiger partial charge on any atom is -0.411 e. The molecular weight excluding hydrogens is 408 g/mol. The SMILES string of the molecule is O=C(CC(Cc1cc(F)c(F)cc1F)=NO)N1CCn2c(nnc2C(F)(F)F)C1. The number of carbonyl (C=O) groups is 1. The fraction of sp³-hybridized carbons (Fsp3) is 0.375. The molecule has 0 radical (unpaired) electrons. The van der Waals surface area contributed by atoms with Gasteiger partial charge in [0.05, 0.1) is 18.7 Å². The highest BCUT2D eigenvalue weighted by Gasteiger charge is 2.40. The van der Waals surface area contributed by atoms with Crippen LogP contribution in [0.4, 0.5) is 26.3 Å². The zero-order chi connectivity index (χ0) is 21.3. The van der Waals surface area contributed by atoms with Crippen LogP contribution in [-0.2, 0) is 30.5 Å². The summed E-state index contributed by atoms with van der Waals surface area (Å²) in [7, 11) is 0. The highest BCUT2D eigenvalue weighted by molar-refractivity contribution is 6.01. The molecule has 1 aromatic carbocycles. The molecule has 0 fully saturated rings. The second-order valence-electron chi connectivity index (χ2n) is 6.28. The summed E-state index contributed by atoms with van der Waals surface area (Å²) >= 11 is 0. The molecule has 1 aromatic heterocycles. The molecule has 29 heavy (non-hydrogen) atoms. The second-order valence-corrected chi connectivity index (χ2v) is 6.28. The third-order valence-electron chi connectivity index (χ3n) is 4.34. The Balaban J connectivity index is 1.68. The van der Waals surface area contributed by atoms with Gasteiger partial charge in [-0.15, -0.1) is 10.2 Å². The molecule has 0 saturated heterocycles. The molecular formula is C16H13F6N5O2. The molecule has 0 unspecified atom stereocenters. The molecule has 0 aliphatic carbocycles. The maximum absolute atomic E-state index is 13.7. The smallest absolute Gasteiger partial charge is 0.411 e. The average Bonchev–Trinajstić information content (AvgIpc) is 3.08. The van der Waals surface area contributed by atoms with Gasteiger partial charge in [-0.2, -0.15) is 13.2 Å². The van der Waals surface area contributed by atoms with Gasteiger partial charge in [-0.05, 0) is 11.6 Å². The zero-order valence-electron chi connectivity index (χ0n) is 14.5. The van der Waals surface area contributed by atoms with Crippen LogP contribution in [0.2, 0.25) is 0 Å². The number of aromatic nitrogens is 3. The van der Waals surface area contributed by atoms with Crippen molar-refractivity contribution in [2.75, 3.05) is 6.54 Å². The van der Waals surface area contributed by atoms with Crippen LogP contribution in [-0.4, -0.2) is 43.0 Å². The van der Waals surface area contributed by atoms with Crippen molar-refractivity contribution in [3.63, 3.8) is 0 Å². The van der Waals surface area contributed by atoms with E-state index < -0.39 is 48.2 Å². The number of benzene rings is 1. The highest BCUT2D eigenvalue weighted by atomic mass is 19.4. The standard InChI is InChI=1S/C16H13F6N5O2/c17-10-6-12(19)11(18)4-8(10)3-9(25-29)5-14(28)26-1-2-27-13(7-26)23-24-15(27)16(20,21)22/h4,6,29H,1-3,5,7H2. The Bertz CT molecular complexity index is 971. The molecule has 13 heteroatoms. The number of amides is 1. The van der Waals surface area contributed by atoms with E-state index in [4.69, 9.17) is 5.21 Å². The number of fused-ring (bicyclic) bond motifs is 1. The van der Waals surface area contributed by atoms with Gasteiger partial charge in [0.1, 0.15) is 5.82 Å². The predicted molar refractivity (Wildman–Crippen MR) is 84.3 cm³/mol. The number of hydrogen-bond acceptors (Lipinski definition) is 5. The molecule has 3 rings (SSSR count). The van der Waals surface area contributed by atoms with Gasteiger partial charge in [0.2, 0.25) is 11.7 Å². The number of halogens is 6. The van der Waals surface area contributed by atoms with E-state index in [0.29, 0.717) is 12.1 Å². The number of alkyl halides is 3. The van der Waals surface area contributed by atoms with E-state index in [-0.39, 0.29) is 36.7 Å². The lowest BCUT2D eigenvalue weighted by atomic mass is 10.0. The molecule has 1 N–H and O–H groups in total. The first kappa shape index (κ1) is 20.6. The van der Waals surface area contributed by atoms with Crippen molar-refractivity contribution in [2.24, 2.45) is 5.16 Å². The number of carbonyl (C=O) groups excluding carboxylic acids is 1. The van der Waals surface area contributed by atoms with Gasteiger partial charge < -0.3 is 14.7 Å². The summed E-state index contributed by atoms with van der Waals surface area (Å²) in [6.07, 6.45) is -5.65. The molecule has 0 bridgehead atoms. The van der Waals surface area contributed by atoms with E-state index in [1.807, 2.05) is 0 Å². The first-order chi connectivity index (χ1) is 13.6. The molecule has 0 atom stereocenters. The van der Waals surface area contributed by atoms with Crippen LogP contribution in [0.5, 0.6) is 0 Å². The zero-order valence-corrected chi connectivity index (χ0v) is 14.5. The Kier molecular flexibility index (Phi) is 5.48. The van der Waals surface area contributed by atoms with Crippen LogP contribution in [0.1, 0.15) is 23.6 Å². The number of hydrogen-bond donors (Lipinski definition) is 1. The van der Waals surface area contributed by atoms with E-state index in [1.165, 1.54) is 4.90 Å². The second kappa shape index (κ2) is 7.72. The predicted octanol–water partition coefficient (Wildman–Crippen LogP) is 2.52. The fourth-order valence-electron chi connectivity index (χ4n) is 2.92. The molecule has 1 aliphatic heterocycles. The molecule has 1 aliphatic rings. The topological polar surface area (TPSA) is 83.6 Å². The Labute approximate surface area is 159 Å². The normalized spacial score (nSPS) is 14.8. The molecule has 2 heterocycles. The van der Waals surface area contributed by atoms with Crippen LogP contribution in [0.25, 0.3) is 0 Å². The van der Waals surface area contributed by atoms with Crippen molar-refractivity contribution in [3.05, 3.63) is 46.8 Å². The first-order valence-corrected chi connectivity index (χ1v) is 8.20. The van der Waals surface area contributed by atoms with Gasteiger partial charge in [0.25, 0.3) is 0 Å². The van der Waals surface area contributed by atoms with Gasteiger partial charge in [-0.1, -0.05) is 5.16 Å². The quantitative estimate of drug-likeness (QED) is 0.270. The van der Waals surface area contributed by atoms with Crippen LogP contribution in [0.3, 0.4) is 0 Å². The van der Waals surface area contributed by atoms with E-state index in [0.717, 1.165) is 4.57 Å². The van der Waals surface area contributed by atoms with Crippen molar-refractivity contribution < 1.29 is 36.3 Å². The third-order valence-corrected chi connectivity index (χ3v) is 4.34. The summed E-state index contributed by atoms with van der Waals surface area (Å²) in [4.78, 5) is 13.6. The summed E-state index contributed by atoms with van der Waals surface area (Å²) in [5, 5.41) is 18.5. The van der Waals surface area contributed by atoms with Crippen LogP contribution < -0.4 is 0 Å². The number of nitrogens with zero attached hydrogens (tertiary/aromatic N) is 5. The lowest BCUT2D eigenvalue weighted by Gasteiger charge is -2.28. The fourth-order valence-corrected chi connectivity index (χ4v) is 2.92. The van der Waals surface area contributed by atoms with Crippen molar-refractivity contribution >= 4 is 11.6 Å². The van der Waals surface area contributed by atoms with Crippen molar-refractivity contribution in [1.82, 2.24) is 19.7 Å². The van der Waals surface area contributed by atoms with Gasteiger partial charge in [-0.3, -0.25) is 4.79 Å². The van der Waals surface area contributed by atoms with Gasteiger partial charge >= 0.3 is 6.18 Å². The van der Waals surface area contributed by atoms with Gasteiger partial charge in [0.15, 0.2) is 17.5 Å². The summed E-state index contributed by atoms with van der Waals surface area (Å²) in [6.45, 7) is -0.516. The maximum atomic E-state index is 13.7. The van der Waals surface area contributed by atoms with Gasteiger partial charge in [-0.25, -0.2) is 13.2 Å². The number of rotatable bonds is 4. The number of oxime groups is 1. The maximum Gasteiger partial charge on any atom is 0.451 e. The molecule has 7 nitrogen and oxygen atoms in total. The lowest BCUT2D eigenvalue weighted by molar-refractivity contribution is -0.148. The monoisotopic (exact) mass is 421 g/mol. The summed E-state index contributed by atoms with van der Waals surface area (Å²) < 4.78 is 79.4. The summed E-state index contributed by atoms with van der Waals surface area (Å²) in [5.74, 6) is -5.62. The van der Waals surface area contributed by atoms with E-state index in [2.05, 4.69) is 15.4 Å². The Hall–Kier alpha value is -3.12. The van der Waals surface area contributed by atoms with Crippen molar-refractivity contribution in [3.8, 4) is 0 Å². The highest BCUT2D eigenvalue weighted by Crippen LogP contribution is 2.29. The first-order valence-electron chi connectivity index (χ1n) is 8.20. The molecule has 156 valence electrons. The van der Waals surface area contributed by atoms with Crippen LogP contribution in [0.15, 0.2) is 17.3 Å². The third kappa shape index (κ3) is 4.32.